The van der Waals surface area contributed by atoms with Gasteiger partial charge in [0.05, 0.1) is 0 Å². The summed E-state index contributed by atoms with van der Waals surface area (Å²) in [6.07, 6.45) is 8.63. The summed E-state index contributed by atoms with van der Waals surface area (Å²) in [5.74, 6) is 2.92. The average Bonchev–Trinajstić information content (AvgIpc) is 2.77. The van der Waals surface area contributed by atoms with Gasteiger partial charge in [-0.3, -0.25) is 0 Å². The van der Waals surface area contributed by atoms with E-state index in [2.05, 4.69) is 36.6 Å². The molecule has 0 amide bonds. The highest BCUT2D eigenvalue weighted by Crippen LogP contribution is 2.38. The van der Waals surface area contributed by atoms with Crippen LogP contribution < -0.4 is 10.1 Å². The van der Waals surface area contributed by atoms with Crippen molar-refractivity contribution in [3.63, 3.8) is 0 Å². The van der Waals surface area contributed by atoms with Crippen LogP contribution in [0.1, 0.15) is 38.5 Å². The van der Waals surface area contributed by atoms with Gasteiger partial charge in [0.1, 0.15) is 11.9 Å². The SMILES string of the molecule is CNC(C1CCCCCC1)C1CSc2ccccc2O1. The number of nitrogens with one attached hydrogen (secondary N) is 1. The summed E-state index contributed by atoms with van der Waals surface area (Å²) in [5.41, 5.74) is 0. The molecule has 0 spiro atoms. The van der Waals surface area contributed by atoms with E-state index >= 15 is 0 Å². The number of ether oxygens (including phenoxy) is 1. The van der Waals surface area contributed by atoms with Crippen LogP contribution in [0.5, 0.6) is 5.75 Å². The predicted octanol–water partition coefficient (Wildman–Crippen LogP) is 4.10. The van der Waals surface area contributed by atoms with Crippen LogP contribution in [-0.4, -0.2) is 24.9 Å². The van der Waals surface area contributed by atoms with E-state index in [1.807, 2.05) is 11.8 Å². The highest BCUT2D eigenvalue weighted by molar-refractivity contribution is 7.99. The van der Waals surface area contributed by atoms with Gasteiger partial charge < -0.3 is 10.1 Å². The lowest BCUT2D eigenvalue weighted by Crippen LogP contribution is -2.48. The molecule has 1 saturated carbocycles. The minimum atomic E-state index is 0.308. The fourth-order valence-corrected chi connectivity index (χ4v) is 4.66. The van der Waals surface area contributed by atoms with Crippen molar-refractivity contribution in [2.75, 3.05) is 12.8 Å². The van der Waals surface area contributed by atoms with Crippen molar-refractivity contribution in [2.24, 2.45) is 5.92 Å². The smallest absolute Gasteiger partial charge is 0.133 e. The number of fused-ring (bicyclic) bond motifs is 1. The molecule has 3 rings (SSSR count). The van der Waals surface area contributed by atoms with Crippen molar-refractivity contribution in [3.8, 4) is 5.75 Å². The number of benzene rings is 1. The van der Waals surface area contributed by atoms with Crippen LogP contribution in [-0.2, 0) is 0 Å². The predicted molar refractivity (Wildman–Crippen MR) is 85.6 cm³/mol. The molecule has 1 N–H and O–H groups in total. The Morgan fingerprint density at radius 1 is 1.15 bits per heavy atom. The van der Waals surface area contributed by atoms with Gasteiger partial charge in [-0.15, -0.1) is 11.8 Å². The van der Waals surface area contributed by atoms with Gasteiger partial charge in [0, 0.05) is 16.7 Å². The lowest BCUT2D eigenvalue weighted by molar-refractivity contribution is 0.129. The van der Waals surface area contributed by atoms with Crippen LogP contribution in [0.15, 0.2) is 29.2 Å². The quantitative estimate of drug-likeness (QED) is 0.847. The molecular weight excluding hydrogens is 266 g/mol. The summed E-state index contributed by atoms with van der Waals surface area (Å²) in [6, 6.07) is 8.93. The minimum Gasteiger partial charge on any atom is -0.487 e. The summed E-state index contributed by atoms with van der Waals surface area (Å²) < 4.78 is 6.30. The molecule has 0 aromatic heterocycles. The van der Waals surface area contributed by atoms with E-state index in [9.17, 15) is 0 Å². The molecule has 110 valence electrons. The van der Waals surface area contributed by atoms with Crippen LogP contribution in [0.2, 0.25) is 0 Å². The summed E-state index contributed by atoms with van der Waals surface area (Å²) in [4.78, 5) is 1.29. The molecule has 1 fully saturated rings. The Hall–Kier alpha value is -0.670. The second-order valence-electron chi connectivity index (χ2n) is 5.98. The van der Waals surface area contributed by atoms with Crippen LogP contribution in [0.4, 0.5) is 0 Å². The summed E-state index contributed by atoms with van der Waals surface area (Å²) >= 11 is 1.94. The van der Waals surface area contributed by atoms with E-state index in [1.165, 1.54) is 43.4 Å². The highest BCUT2D eigenvalue weighted by atomic mass is 32.2. The van der Waals surface area contributed by atoms with E-state index < -0.39 is 0 Å². The zero-order valence-electron chi connectivity index (χ0n) is 12.3. The third-order valence-electron chi connectivity index (χ3n) is 4.67. The highest BCUT2D eigenvalue weighted by Gasteiger charge is 2.32. The Labute approximate surface area is 126 Å². The van der Waals surface area contributed by atoms with Gasteiger partial charge in [0.15, 0.2) is 0 Å². The van der Waals surface area contributed by atoms with Crippen LogP contribution >= 0.6 is 11.8 Å². The number of hydrogen-bond acceptors (Lipinski definition) is 3. The number of para-hydroxylation sites is 1. The largest absolute Gasteiger partial charge is 0.487 e. The van der Waals surface area contributed by atoms with Crippen LogP contribution in [0.25, 0.3) is 0 Å². The molecule has 3 heteroatoms. The van der Waals surface area contributed by atoms with Gasteiger partial charge in [0.25, 0.3) is 0 Å². The van der Waals surface area contributed by atoms with E-state index in [0.717, 1.165) is 17.4 Å². The normalized spacial score (nSPS) is 25.4. The van der Waals surface area contributed by atoms with Crippen molar-refractivity contribution in [2.45, 2.75) is 55.6 Å². The second-order valence-corrected chi connectivity index (χ2v) is 7.04. The molecule has 1 aliphatic heterocycles. The molecule has 1 aromatic carbocycles. The zero-order valence-corrected chi connectivity index (χ0v) is 13.1. The van der Waals surface area contributed by atoms with Gasteiger partial charge >= 0.3 is 0 Å². The fraction of sp³-hybridized carbons (Fsp3) is 0.647. The Bertz CT molecular complexity index is 429. The number of thioether (sulfide) groups is 1. The van der Waals surface area contributed by atoms with E-state index in [1.54, 1.807) is 0 Å². The Morgan fingerprint density at radius 2 is 1.90 bits per heavy atom. The molecule has 2 atom stereocenters. The fourth-order valence-electron chi connectivity index (χ4n) is 3.61. The van der Waals surface area contributed by atoms with E-state index in [0.29, 0.717) is 12.1 Å². The minimum absolute atomic E-state index is 0.308. The molecule has 1 heterocycles. The van der Waals surface area contributed by atoms with Crippen molar-refractivity contribution < 1.29 is 4.74 Å². The molecule has 2 unspecified atom stereocenters. The zero-order chi connectivity index (χ0) is 13.8. The van der Waals surface area contributed by atoms with Gasteiger partial charge in [-0.2, -0.15) is 0 Å². The first-order valence-electron chi connectivity index (χ1n) is 7.94. The molecule has 0 saturated heterocycles. The average molecular weight is 291 g/mol. The van der Waals surface area contributed by atoms with Crippen molar-refractivity contribution in [1.82, 2.24) is 5.32 Å². The molecule has 0 bridgehead atoms. The third kappa shape index (κ3) is 3.15. The molecule has 0 radical (unpaired) electrons. The monoisotopic (exact) mass is 291 g/mol. The Kier molecular flexibility index (Phi) is 4.90. The molecule has 2 aliphatic rings. The lowest BCUT2D eigenvalue weighted by Gasteiger charge is -2.36. The van der Waals surface area contributed by atoms with Gasteiger partial charge in [-0.1, -0.05) is 37.8 Å². The van der Waals surface area contributed by atoms with Gasteiger partial charge in [-0.05, 0) is 37.9 Å². The van der Waals surface area contributed by atoms with E-state index in [4.69, 9.17) is 4.74 Å². The topological polar surface area (TPSA) is 21.3 Å². The third-order valence-corrected chi connectivity index (χ3v) is 5.82. The summed E-state index contributed by atoms with van der Waals surface area (Å²) in [7, 11) is 2.10. The molecule has 1 aromatic rings. The molecule has 1 aliphatic carbocycles. The summed E-state index contributed by atoms with van der Waals surface area (Å²) in [5, 5.41) is 3.56. The van der Waals surface area contributed by atoms with Crippen molar-refractivity contribution in [1.29, 1.82) is 0 Å². The second kappa shape index (κ2) is 6.86. The van der Waals surface area contributed by atoms with Crippen molar-refractivity contribution >= 4 is 11.8 Å². The van der Waals surface area contributed by atoms with Crippen LogP contribution in [0, 0.1) is 5.92 Å². The lowest BCUT2D eigenvalue weighted by atomic mass is 9.88. The molecule has 20 heavy (non-hydrogen) atoms. The first-order chi connectivity index (χ1) is 9.88. The first kappa shape index (κ1) is 14.3. The number of rotatable bonds is 3. The maximum absolute atomic E-state index is 6.30. The maximum atomic E-state index is 6.30. The molecular formula is C17H25NOS. The van der Waals surface area contributed by atoms with Crippen molar-refractivity contribution in [3.05, 3.63) is 24.3 Å². The van der Waals surface area contributed by atoms with E-state index in [-0.39, 0.29) is 0 Å². The number of likely N-dealkylation sites (N-methyl/N-ethyl adjacent to an activating group) is 1. The molecule has 2 nitrogen and oxygen atoms in total. The Balaban J connectivity index is 1.70. The van der Waals surface area contributed by atoms with Gasteiger partial charge in [-0.25, -0.2) is 0 Å². The maximum Gasteiger partial charge on any atom is 0.133 e. The number of hydrogen-bond donors (Lipinski definition) is 1. The summed E-state index contributed by atoms with van der Waals surface area (Å²) in [6.45, 7) is 0. The van der Waals surface area contributed by atoms with Gasteiger partial charge in [0.2, 0.25) is 0 Å². The standard InChI is InChI=1S/C17H25NOS/c1-18-17(13-8-4-2-3-5-9-13)15-12-20-16-11-7-6-10-14(16)19-15/h6-7,10-11,13,15,17-18H,2-5,8-9,12H2,1H3. The Morgan fingerprint density at radius 3 is 2.65 bits per heavy atom. The van der Waals surface area contributed by atoms with Crippen LogP contribution in [0.3, 0.4) is 0 Å². The first-order valence-corrected chi connectivity index (χ1v) is 8.93.